The summed E-state index contributed by atoms with van der Waals surface area (Å²) >= 11 is 12.6. The molecule has 5 nitrogen and oxygen atoms in total. The number of hydrogen-bond donors (Lipinski definition) is 2. The second-order valence-electron chi connectivity index (χ2n) is 5.25. The summed E-state index contributed by atoms with van der Waals surface area (Å²) in [5.41, 5.74) is 2.77. The van der Waals surface area contributed by atoms with Crippen molar-refractivity contribution in [1.29, 1.82) is 0 Å². The van der Waals surface area contributed by atoms with Gasteiger partial charge in [-0.25, -0.2) is 4.98 Å². The fourth-order valence-electron chi connectivity index (χ4n) is 2.56. The minimum Gasteiger partial charge on any atom is -0.395 e. The van der Waals surface area contributed by atoms with E-state index in [0.29, 0.717) is 29.1 Å². The van der Waals surface area contributed by atoms with Crippen LogP contribution in [0.5, 0.6) is 0 Å². The number of rotatable bonds is 4. The van der Waals surface area contributed by atoms with E-state index in [1.54, 1.807) is 6.20 Å². The summed E-state index contributed by atoms with van der Waals surface area (Å²) in [6.07, 6.45) is 3.76. The monoisotopic (exact) mass is 350 g/mol. The maximum absolute atomic E-state index is 8.87. The van der Waals surface area contributed by atoms with E-state index in [9.17, 15) is 0 Å². The summed E-state index contributed by atoms with van der Waals surface area (Å²) in [7, 11) is 1.96. The van der Waals surface area contributed by atoms with Gasteiger partial charge in [-0.15, -0.1) is 0 Å². The zero-order valence-corrected chi connectivity index (χ0v) is 14.1. The summed E-state index contributed by atoms with van der Waals surface area (Å²) in [5.74, 6) is 1.32. The Bertz CT molecular complexity index is 743. The van der Waals surface area contributed by atoms with Gasteiger partial charge in [0.05, 0.1) is 6.61 Å². The maximum Gasteiger partial charge on any atom is 0.224 e. The largest absolute Gasteiger partial charge is 0.395 e. The lowest BCUT2D eigenvalue weighted by Gasteiger charge is -2.27. The average molecular weight is 351 g/mol. The molecule has 1 aliphatic rings. The van der Waals surface area contributed by atoms with Gasteiger partial charge in [0, 0.05) is 47.5 Å². The molecule has 0 unspecified atom stereocenters. The summed E-state index contributed by atoms with van der Waals surface area (Å²) in [6.45, 7) is 1.09. The first-order valence-electron chi connectivity index (χ1n) is 7.18. The molecule has 1 aromatic carbocycles. The van der Waals surface area contributed by atoms with Crippen molar-refractivity contribution in [3.8, 4) is 0 Å². The molecule has 2 heterocycles. The molecule has 1 aromatic heterocycles. The van der Waals surface area contributed by atoms with Crippen molar-refractivity contribution in [3.63, 3.8) is 0 Å². The van der Waals surface area contributed by atoms with Crippen LogP contribution in [0, 0.1) is 0 Å². The molecule has 23 heavy (non-hydrogen) atoms. The van der Waals surface area contributed by atoms with E-state index in [1.807, 2.05) is 36.2 Å². The topological polar surface area (TPSA) is 61.3 Å². The number of halogens is 2. The summed E-state index contributed by atoms with van der Waals surface area (Å²) in [5, 5.41) is 13.1. The molecule has 0 fully saturated rings. The lowest BCUT2D eigenvalue weighted by Crippen LogP contribution is -2.25. The van der Waals surface area contributed by atoms with Gasteiger partial charge in [-0.05, 0) is 23.8 Å². The zero-order valence-electron chi connectivity index (χ0n) is 12.6. The van der Waals surface area contributed by atoms with Crippen LogP contribution in [-0.2, 0) is 0 Å². The average Bonchev–Trinajstić information content (AvgIpc) is 2.53. The molecule has 7 heteroatoms. The van der Waals surface area contributed by atoms with Gasteiger partial charge >= 0.3 is 0 Å². The number of aliphatic hydroxyl groups excluding tert-OH is 1. The van der Waals surface area contributed by atoms with E-state index >= 15 is 0 Å². The zero-order chi connectivity index (χ0) is 16.4. The van der Waals surface area contributed by atoms with E-state index < -0.39 is 0 Å². The van der Waals surface area contributed by atoms with Crippen LogP contribution in [0.4, 0.5) is 11.8 Å². The molecule has 0 saturated heterocycles. The third-order valence-electron chi connectivity index (χ3n) is 3.57. The molecule has 3 rings (SSSR count). The second-order valence-corrected chi connectivity index (χ2v) is 6.06. The number of aliphatic hydroxyl groups is 1. The van der Waals surface area contributed by atoms with Crippen molar-refractivity contribution in [3.05, 3.63) is 45.6 Å². The van der Waals surface area contributed by atoms with Crippen LogP contribution in [0.15, 0.2) is 24.4 Å². The van der Waals surface area contributed by atoms with Crippen LogP contribution >= 0.6 is 23.2 Å². The van der Waals surface area contributed by atoms with Gasteiger partial charge in [0.15, 0.2) is 0 Å². The number of benzene rings is 1. The quantitative estimate of drug-likeness (QED) is 0.886. The molecule has 0 saturated carbocycles. The van der Waals surface area contributed by atoms with Crippen molar-refractivity contribution in [2.45, 2.75) is 0 Å². The van der Waals surface area contributed by atoms with Crippen LogP contribution in [0.25, 0.3) is 11.6 Å². The van der Waals surface area contributed by atoms with Gasteiger partial charge < -0.3 is 15.3 Å². The maximum atomic E-state index is 8.87. The number of likely N-dealkylation sites (N-methyl/N-ethyl adjacent to an activating group) is 1. The minimum atomic E-state index is 0.0331. The highest BCUT2D eigenvalue weighted by atomic mass is 35.5. The van der Waals surface area contributed by atoms with Gasteiger partial charge in [0.2, 0.25) is 5.95 Å². The predicted octanol–water partition coefficient (Wildman–Crippen LogP) is 3.18. The van der Waals surface area contributed by atoms with Crippen LogP contribution in [0.2, 0.25) is 10.0 Å². The first-order chi connectivity index (χ1) is 11.1. The van der Waals surface area contributed by atoms with Gasteiger partial charge in [0.1, 0.15) is 5.82 Å². The van der Waals surface area contributed by atoms with Crippen molar-refractivity contribution >= 4 is 46.6 Å². The van der Waals surface area contributed by atoms with E-state index in [2.05, 4.69) is 15.3 Å². The highest BCUT2D eigenvalue weighted by Crippen LogP contribution is 2.36. The Morgan fingerprint density at radius 2 is 2.04 bits per heavy atom. The number of aromatic nitrogens is 2. The number of fused-ring (bicyclic) bond motifs is 1. The third-order valence-corrected chi connectivity index (χ3v) is 4.20. The molecular formula is C16H16Cl2N4O. The lowest BCUT2D eigenvalue weighted by atomic mass is 10.00. The van der Waals surface area contributed by atoms with Gasteiger partial charge in [-0.1, -0.05) is 29.3 Å². The van der Waals surface area contributed by atoms with Gasteiger partial charge in [-0.3, -0.25) is 0 Å². The molecule has 2 N–H and O–H groups in total. The minimum absolute atomic E-state index is 0.0331. The molecule has 1 aliphatic heterocycles. The summed E-state index contributed by atoms with van der Waals surface area (Å²) in [6, 6.07) is 5.49. The smallest absolute Gasteiger partial charge is 0.224 e. The molecule has 2 aromatic rings. The fourth-order valence-corrected chi connectivity index (χ4v) is 3.20. The SMILES string of the molecule is CN1CC(c2c(Cl)cccc2Cl)=Cc2cnc(NCCO)nc21. The normalized spacial score (nSPS) is 13.6. The summed E-state index contributed by atoms with van der Waals surface area (Å²) in [4.78, 5) is 10.8. The van der Waals surface area contributed by atoms with Crippen molar-refractivity contribution in [1.82, 2.24) is 9.97 Å². The molecule has 0 spiro atoms. The standard InChI is InChI=1S/C16H16Cl2N4O/c1-22-9-11(14-12(17)3-2-4-13(14)18)7-10-8-20-16(19-5-6-23)21-15(10)22/h2-4,7-8,23H,5-6,9H2,1H3,(H,19,20,21). The van der Waals surface area contributed by atoms with Crippen LogP contribution in [0.3, 0.4) is 0 Å². The highest BCUT2D eigenvalue weighted by Gasteiger charge is 2.21. The van der Waals surface area contributed by atoms with Crippen LogP contribution in [-0.4, -0.2) is 41.8 Å². The van der Waals surface area contributed by atoms with E-state index in [4.69, 9.17) is 28.3 Å². The predicted molar refractivity (Wildman–Crippen MR) is 95.2 cm³/mol. The Kier molecular flexibility index (Phi) is 4.71. The first kappa shape index (κ1) is 16.1. The first-order valence-corrected chi connectivity index (χ1v) is 7.93. The van der Waals surface area contributed by atoms with Gasteiger partial charge in [0.25, 0.3) is 0 Å². The Balaban J connectivity index is 2.00. The van der Waals surface area contributed by atoms with Gasteiger partial charge in [-0.2, -0.15) is 4.98 Å². The van der Waals surface area contributed by atoms with Crippen LogP contribution < -0.4 is 10.2 Å². The number of hydrogen-bond acceptors (Lipinski definition) is 5. The van der Waals surface area contributed by atoms with Crippen molar-refractivity contribution in [2.24, 2.45) is 0 Å². The molecule has 0 radical (unpaired) electrons. The lowest BCUT2D eigenvalue weighted by molar-refractivity contribution is 0.311. The Hall–Kier alpha value is -1.82. The number of nitrogens with one attached hydrogen (secondary N) is 1. The van der Waals surface area contributed by atoms with E-state index in [1.165, 1.54) is 0 Å². The third kappa shape index (κ3) is 3.27. The Morgan fingerprint density at radius 3 is 2.74 bits per heavy atom. The molecule has 120 valence electrons. The summed E-state index contributed by atoms with van der Waals surface area (Å²) < 4.78 is 0. The van der Waals surface area contributed by atoms with Crippen molar-refractivity contribution < 1.29 is 5.11 Å². The van der Waals surface area contributed by atoms with Crippen LogP contribution in [0.1, 0.15) is 11.1 Å². The molecule has 0 bridgehead atoms. The molecule has 0 aliphatic carbocycles. The van der Waals surface area contributed by atoms with E-state index in [-0.39, 0.29) is 6.61 Å². The molecule has 0 amide bonds. The second kappa shape index (κ2) is 6.74. The Morgan fingerprint density at radius 1 is 1.30 bits per heavy atom. The number of nitrogens with zero attached hydrogens (tertiary/aromatic N) is 3. The van der Waals surface area contributed by atoms with E-state index in [0.717, 1.165) is 22.5 Å². The fraction of sp³-hybridized carbons (Fsp3) is 0.250. The highest BCUT2D eigenvalue weighted by molar-refractivity contribution is 6.38. The molecule has 0 atom stereocenters. The number of anilines is 2. The Labute approximate surface area is 144 Å². The molecular weight excluding hydrogens is 335 g/mol. The van der Waals surface area contributed by atoms with Crippen molar-refractivity contribution in [2.75, 3.05) is 37.0 Å².